The third kappa shape index (κ3) is 6.89. The zero-order valence-electron chi connectivity index (χ0n) is 21.6. The summed E-state index contributed by atoms with van der Waals surface area (Å²) >= 11 is 6.13. The Bertz CT molecular complexity index is 1420. The Balaban J connectivity index is 1.40. The van der Waals surface area contributed by atoms with E-state index in [-0.39, 0.29) is 29.5 Å². The van der Waals surface area contributed by atoms with Gasteiger partial charge in [-0.2, -0.15) is 0 Å². The fourth-order valence-corrected chi connectivity index (χ4v) is 5.65. The van der Waals surface area contributed by atoms with E-state index in [0.717, 1.165) is 21.3 Å². The average molecular weight is 614 g/mol. The van der Waals surface area contributed by atoms with Crippen molar-refractivity contribution in [3.63, 3.8) is 0 Å². The highest BCUT2D eigenvalue weighted by Gasteiger charge is 2.26. The number of hydrogen-bond donors (Lipinski definition) is 2. The zero-order valence-corrected chi connectivity index (χ0v) is 24.8. The summed E-state index contributed by atoms with van der Waals surface area (Å²) in [5.41, 5.74) is 3.43. The number of thiazole rings is 1. The van der Waals surface area contributed by atoms with Crippen molar-refractivity contribution >= 4 is 56.0 Å². The first-order valence-corrected chi connectivity index (χ1v) is 14.9. The van der Waals surface area contributed by atoms with Gasteiger partial charge in [-0.3, -0.25) is 9.59 Å². The third-order valence-corrected chi connectivity index (χ3v) is 8.05. The summed E-state index contributed by atoms with van der Waals surface area (Å²) in [5.74, 6) is 0.590. The number of hydrogen-bond acceptors (Lipinski definition) is 7. The van der Waals surface area contributed by atoms with Crippen molar-refractivity contribution in [3.8, 4) is 11.3 Å². The van der Waals surface area contributed by atoms with Crippen molar-refractivity contribution in [3.05, 3.63) is 75.3 Å². The van der Waals surface area contributed by atoms with Crippen LogP contribution < -0.4 is 10.6 Å². The van der Waals surface area contributed by atoms with E-state index in [4.69, 9.17) is 0 Å². The molecule has 2 aromatic carbocycles. The number of anilines is 1. The van der Waals surface area contributed by atoms with Gasteiger partial charge < -0.3 is 15.2 Å². The van der Waals surface area contributed by atoms with Gasteiger partial charge in [-0.1, -0.05) is 71.4 Å². The second-order valence-corrected chi connectivity index (χ2v) is 11.7. The molecule has 0 radical (unpaired) electrons. The molecule has 198 valence electrons. The van der Waals surface area contributed by atoms with E-state index in [1.165, 1.54) is 23.1 Å². The number of nitrogens with one attached hydrogen (secondary N) is 2. The normalized spacial score (nSPS) is 11.9. The van der Waals surface area contributed by atoms with Gasteiger partial charge in [0.25, 0.3) is 5.91 Å². The van der Waals surface area contributed by atoms with Gasteiger partial charge in [-0.05, 0) is 44.0 Å². The number of benzene rings is 2. The maximum Gasteiger partial charge on any atom is 0.251 e. The molecule has 0 aliphatic rings. The van der Waals surface area contributed by atoms with Gasteiger partial charge in [0.05, 0.1) is 17.5 Å². The van der Waals surface area contributed by atoms with Gasteiger partial charge in [0, 0.05) is 27.5 Å². The Kier molecular flexibility index (Phi) is 9.35. The van der Waals surface area contributed by atoms with Gasteiger partial charge in [0.2, 0.25) is 5.91 Å². The number of halogens is 1. The second kappa shape index (κ2) is 12.7. The van der Waals surface area contributed by atoms with E-state index in [9.17, 15) is 9.59 Å². The lowest BCUT2D eigenvalue weighted by Crippen LogP contribution is -2.33. The highest BCUT2D eigenvalue weighted by atomic mass is 79.9. The second-order valence-electron chi connectivity index (χ2n) is 9.03. The molecule has 11 heteroatoms. The molecule has 2 N–H and O–H groups in total. The molecular formula is C27H29BrN6O2S2. The maximum absolute atomic E-state index is 13.0. The minimum atomic E-state index is -0.328. The van der Waals surface area contributed by atoms with Crippen molar-refractivity contribution < 1.29 is 9.59 Å². The van der Waals surface area contributed by atoms with Crippen LogP contribution in [0.2, 0.25) is 0 Å². The monoisotopic (exact) mass is 612 g/mol. The molecule has 0 bridgehead atoms. The molecule has 38 heavy (non-hydrogen) atoms. The lowest BCUT2D eigenvalue weighted by atomic mass is 10.0. The molecule has 0 aliphatic carbocycles. The van der Waals surface area contributed by atoms with Gasteiger partial charge in [-0.25, -0.2) is 4.98 Å². The first-order valence-electron chi connectivity index (χ1n) is 12.2. The number of nitrogens with zero attached hydrogens (tertiary/aromatic N) is 4. The summed E-state index contributed by atoms with van der Waals surface area (Å²) in [4.78, 5) is 30.2. The topological polar surface area (TPSA) is 102 Å². The van der Waals surface area contributed by atoms with Gasteiger partial charge in [-0.15, -0.1) is 21.5 Å². The average Bonchev–Trinajstić information content (AvgIpc) is 3.53. The van der Waals surface area contributed by atoms with E-state index < -0.39 is 0 Å². The SMILES string of the molecule is CCn1c(SCC(=O)Nc2nc(-c3ccc(Br)cc3)cs2)nnc1C(NC(=O)c1cccc(C)c1)C(C)C. The quantitative estimate of drug-likeness (QED) is 0.202. The summed E-state index contributed by atoms with van der Waals surface area (Å²) in [6, 6.07) is 15.0. The maximum atomic E-state index is 13.0. The molecule has 0 saturated carbocycles. The van der Waals surface area contributed by atoms with Crippen LogP contribution in [0.3, 0.4) is 0 Å². The van der Waals surface area contributed by atoms with Gasteiger partial charge >= 0.3 is 0 Å². The largest absolute Gasteiger partial charge is 0.342 e. The minimum Gasteiger partial charge on any atom is -0.342 e. The first-order chi connectivity index (χ1) is 18.2. The van der Waals surface area contributed by atoms with E-state index in [0.29, 0.717) is 28.2 Å². The molecule has 0 spiro atoms. The van der Waals surface area contributed by atoms with Gasteiger partial charge in [0.1, 0.15) is 0 Å². The first kappa shape index (κ1) is 28.0. The fourth-order valence-electron chi connectivity index (χ4n) is 3.84. The molecule has 0 saturated heterocycles. The van der Waals surface area contributed by atoms with Crippen LogP contribution in [0, 0.1) is 12.8 Å². The molecule has 1 atom stereocenters. The van der Waals surface area contributed by atoms with E-state index in [1.807, 2.05) is 80.1 Å². The van der Waals surface area contributed by atoms with Gasteiger partial charge in [0.15, 0.2) is 16.1 Å². The number of aryl methyl sites for hydroxylation is 1. The molecule has 0 aliphatic heterocycles. The summed E-state index contributed by atoms with van der Waals surface area (Å²) in [6.07, 6.45) is 0. The predicted octanol–water partition coefficient (Wildman–Crippen LogP) is 6.35. The van der Waals surface area contributed by atoms with Crippen molar-refractivity contribution in [1.29, 1.82) is 0 Å². The highest BCUT2D eigenvalue weighted by molar-refractivity contribution is 9.10. The Morgan fingerprint density at radius 1 is 1.13 bits per heavy atom. The summed E-state index contributed by atoms with van der Waals surface area (Å²) in [6.45, 7) is 8.63. The van der Waals surface area contributed by atoms with Crippen molar-refractivity contribution in [2.24, 2.45) is 5.92 Å². The van der Waals surface area contributed by atoms with Crippen molar-refractivity contribution in [2.45, 2.75) is 45.4 Å². The number of rotatable bonds is 10. The number of aromatic nitrogens is 4. The Hall–Kier alpha value is -3.02. The molecule has 2 aromatic heterocycles. The standard InChI is InChI=1S/C27H29BrN6O2S2/c1-5-34-24(23(16(2)3)31-25(36)19-8-6-7-17(4)13-19)32-33-27(34)38-15-22(35)30-26-29-21(14-37-26)18-9-11-20(28)12-10-18/h6-14,16,23H,5,15H2,1-4H3,(H,31,36)(H,29,30,35). The third-order valence-electron chi connectivity index (χ3n) is 5.80. The van der Waals surface area contributed by atoms with E-state index in [2.05, 4.69) is 41.7 Å². The van der Waals surface area contributed by atoms with E-state index >= 15 is 0 Å². The Labute approximate surface area is 238 Å². The van der Waals surface area contributed by atoms with Crippen LogP contribution in [0.5, 0.6) is 0 Å². The van der Waals surface area contributed by atoms with Crippen LogP contribution in [-0.4, -0.2) is 37.3 Å². The predicted molar refractivity (Wildman–Crippen MR) is 157 cm³/mol. The van der Waals surface area contributed by atoms with Crippen LogP contribution in [-0.2, 0) is 11.3 Å². The molecule has 2 heterocycles. The highest BCUT2D eigenvalue weighted by Crippen LogP contribution is 2.28. The van der Waals surface area contributed by atoms with Crippen LogP contribution in [0.25, 0.3) is 11.3 Å². The number of thioether (sulfide) groups is 1. The molecule has 2 amide bonds. The summed E-state index contributed by atoms with van der Waals surface area (Å²) in [7, 11) is 0. The lowest BCUT2D eigenvalue weighted by molar-refractivity contribution is -0.113. The molecule has 4 rings (SSSR count). The van der Waals surface area contributed by atoms with E-state index in [1.54, 1.807) is 6.07 Å². The molecule has 4 aromatic rings. The summed E-state index contributed by atoms with van der Waals surface area (Å²) < 4.78 is 2.95. The number of amides is 2. The van der Waals surface area contributed by atoms with Crippen LogP contribution in [0.15, 0.2) is 63.5 Å². The van der Waals surface area contributed by atoms with Crippen LogP contribution >= 0.6 is 39.0 Å². The minimum absolute atomic E-state index is 0.0873. The Morgan fingerprint density at radius 3 is 2.58 bits per heavy atom. The molecule has 1 unspecified atom stereocenters. The number of carbonyl (C=O) groups is 2. The fraction of sp³-hybridized carbons (Fsp3) is 0.296. The van der Waals surface area contributed by atoms with Crippen molar-refractivity contribution in [1.82, 2.24) is 25.1 Å². The zero-order chi connectivity index (χ0) is 27.2. The van der Waals surface area contributed by atoms with Crippen LogP contribution in [0.4, 0.5) is 5.13 Å². The van der Waals surface area contributed by atoms with Crippen molar-refractivity contribution in [2.75, 3.05) is 11.1 Å². The summed E-state index contributed by atoms with van der Waals surface area (Å²) in [5, 5.41) is 17.8. The Morgan fingerprint density at radius 2 is 1.89 bits per heavy atom. The molecule has 8 nitrogen and oxygen atoms in total. The smallest absolute Gasteiger partial charge is 0.251 e. The van der Waals surface area contributed by atoms with Crippen LogP contribution in [0.1, 0.15) is 48.6 Å². The number of carbonyl (C=O) groups excluding carboxylic acids is 2. The lowest BCUT2D eigenvalue weighted by Gasteiger charge is -2.22. The molecule has 0 fully saturated rings. The molecular weight excluding hydrogens is 584 g/mol.